The predicted octanol–water partition coefficient (Wildman–Crippen LogP) is 2.69. The van der Waals surface area contributed by atoms with E-state index in [2.05, 4.69) is 10.3 Å². The maximum Gasteiger partial charge on any atom is 0.417 e. The number of aromatic nitrogens is 2. The molecule has 0 aliphatic heterocycles. The lowest BCUT2D eigenvalue weighted by molar-refractivity contribution is -0.137. The van der Waals surface area contributed by atoms with E-state index in [4.69, 9.17) is 11.6 Å². The Labute approximate surface area is 120 Å². The lowest BCUT2D eigenvalue weighted by atomic mass is 10.2. The van der Waals surface area contributed by atoms with Crippen molar-refractivity contribution in [3.63, 3.8) is 0 Å². The van der Waals surface area contributed by atoms with Crippen LogP contribution in [0.4, 0.5) is 18.9 Å². The van der Waals surface area contributed by atoms with Gasteiger partial charge in [0.15, 0.2) is 0 Å². The van der Waals surface area contributed by atoms with E-state index in [1.165, 1.54) is 18.5 Å². The van der Waals surface area contributed by atoms with Crippen molar-refractivity contribution in [3.05, 3.63) is 57.2 Å². The fourth-order valence-corrected chi connectivity index (χ4v) is 1.64. The molecule has 0 spiro atoms. The first-order valence-corrected chi connectivity index (χ1v) is 5.87. The molecule has 2 aromatic heterocycles. The van der Waals surface area contributed by atoms with Crippen molar-refractivity contribution in [1.82, 2.24) is 9.97 Å². The Morgan fingerprint density at radius 3 is 2.62 bits per heavy atom. The van der Waals surface area contributed by atoms with E-state index in [9.17, 15) is 22.8 Å². The van der Waals surface area contributed by atoms with Crippen LogP contribution in [0.25, 0.3) is 0 Å². The number of nitrogens with zero attached hydrogens (tertiary/aromatic N) is 1. The van der Waals surface area contributed by atoms with Crippen LogP contribution < -0.4 is 10.9 Å². The highest BCUT2D eigenvalue weighted by molar-refractivity contribution is 6.30. The predicted molar refractivity (Wildman–Crippen MR) is 69.3 cm³/mol. The maximum atomic E-state index is 12.6. The fraction of sp³-hybridized carbons (Fsp3) is 0.0833. The maximum absolute atomic E-state index is 12.6. The molecular weight excluding hydrogens is 311 g/mol. The number of H-pyrrole nitrogens is 1. The van der Waals surface area contributed by atoms with Gasteiger partial charge >= 0.3 is 6.18 Å². The highest BCUT2D eigenvalue weighted by Gasteiger charge is 2.31. The Kier molecular flexibility index (Phi) is 3.99. The van der Waals surface area contributed by atoms with Crippen LogP contribution in [0.3, 0.4) is 0 Å². The summed E-state index contributed by atoms with van der Waals surface area (Å²) in [7, 11) is 0. The fourth-order valence-electron chi connectivity index (χ4n) is 1.47. The van der Waals surface area contributed by atoms with Crippen molar-refractivity contribution in [2.24, 2.45) is 0 Å². The molecular formula is C12H7ClF3N3O2. The smallest absolute Gasteiger partial charge is 0.327 e. The van der Waals surface area contributed by atoms with Gasteiger partial charge in [0.25, 0.3) is 11.5 Å². The third kappa shape index (κ3) is 3.60. The quantitative estimate of drug-likeness (QED) is 0.894. The largest absolute Gasteiger partial charge is 0.417 e. The molecule has 2 N–H and O–H groups in total. The third-order valence-electron chi connectivity index (χ3n) is 2.45. The first-order chi connectivity index (χ1) is 9.77. The van der Waals surface area contributed by atoms with Crippen molar-refractivity contribution in [2.45, 2.75) is 6.18 Å². The summed E-state index contributed by atoms with van der Waals surface area (Å²) in [6.45, 7) is 0. The molecule has 2 heterocycles. The summed E-state index contributed by atoms with van der Waals surface area (Å²) in [4.78, 5) is 28.9. The van der Waals surface area contributed by atoms with E-state index >= 15 is 0 Å². The second kappa shape index (κ2) is 5.57. The van der Waals surface area contributed by atoms with Crippen molar-refractivity contribution in [2.75, 3.05) is 5.32 Å². The summed E-state index contributed by atoms with van der Waals surface area (Å²) in [5.74, 6) is -0.796. The Bertz CT molecular complexity index is 743. The molecule has 0 unspecified atom stereocenters. The Morgan fingerprint density at radius 2 is 2.00 bits per heavy atom. The van der Waals surface area contributed by atoms with E-state index in [0.29, 0.717) is 12.3 Å². The molecule has 0 saturated carbocycles. The molecule has 1 amide bonds. The molecule has 0 atom stereocenters. The van der Waals surface area contributed by atoms with Gasteiger partial charge in [-0.2, -0.15) is 13.2 Å². The van der Waals surface area contributed by atoms with E-state index in [1.807, 2.05) is 4.98 Å². The minimum absolute atomic E-state index is 0.0133. The van der Waals surface area contributed by atoms with Gasteiger partial charge in [-0.25, -0.2) is 0 Å². The van der Waals surface area contributed by atoms with Crippen molar-refractivity contribution in [1.29, 1.82) is 0 Å². The molecule has 9 heteroatoms. The second-order valence-corrected chi connectivity index (χ2v) is 4.41. The van der Waals surface area contributed by atoms with Crippen LogP contribution in [0.5, 0.6) is 0 Å². The van der Waals surface area contributed by atoms with Crippen molar-refractivity contribution >= 4 is 23.2 Å². The number of hydrogen-bond donors (Lipinski definition) is 2. The highest BCUT2D eigenvalue weighted by Crippen LogP contribution is 2.29. The topological polar surface area (TPSA) is 74.8 Å². The second-order valence-electron chi connectivity index (χ2n) is 3.97. The zero-order valence-electron chi connectivity index (χ0n) is 10.2. The number of amides is 1. The molecule has 2 aromatic rings. The molecule has 0 radical (unpaired) electrons. The number of hydrogen-bond acceptors (Lipinski definition) is 3. The summed E-state index contributed by atoms with van der Waals surface area (Å²) in [6.07, 6.45) is -1.65. The minimum Gasteiger partial charge on any atom is -0.327 e. The summed E-state index contributed by atoms with van der Waals surface area (Å²) in [6, 6.07) is 1.82. The van der Waals surface area contributed by atoms with Crippen LogP contribution in [0.1, 0.15) is 15.9 Å². The number of alkyl halides is 3. The summed E-state index contributed by atoms with van der Waals surface area (Å²) in [5.41, 5.74) is -2.44. The van der Waals surface area contributed by atoms with Gasteiger partial charge < -0.3 is 10.3 Å². The van der Waals surface area contributed by atoms with Gasteiger partial charge in [-0.3, -0.25) is 14.6 Å². The number of pyridine rings is 2. The van der Waals surface area contributed by atoms with E-state index < -0.39 is 28.9 Å². The van der Waals surface area contributed by atoms with Gasteiger partial charge in [-0.1, -0.05) is 11.6 Å². The van der Waals surface area contributed by atoms with Gasteiger partial charge in [-0.15, -0.1) is 0 Å². The number of nitrogens with one attached hydrogen (secondary N) is 2. The van der Waals surface area contributed by atoms with E-state index in [1.54, 1.807) is 0 Å². The van der Waals surface area contributed by atoms with Crippen LogP contribution in [-0.4, -0.2) is 15.9 Å². The molecule has 21 heavy (non-hydrogen) atoms. The average molecular weight is 318 g/mol. The van der Waals surface area contributed by atoms with Gasteiger partial charge in [0.1, 0.15) is 5.69 Å². The zero-order valence-corrected chi connectivity index (χ0v) is 10.9. The van der Waals surface area contributed by atoms with Crippen LogP contribution in [0, 0.1) is 0 Å². The third-order valence-corrected chi connectivity index (χ3v) is 2.65. The van der Waals surface area contributed by atoms with Gasteiger partial charge in [-0.05, 0) is 12.1 Å². The number of anilines is 1. The summed E-state index contributed by atoms with van der Waals surface area (Å²) >= 11 is 5.65. The normalized spacial score (nSPS) is 11.2. The molecule has 110 valence electrons. The van der Waals surface area contributed by atoms with Gasteiger partial charge in [0.2, 0.25) is 0 Å². The Hall–Kier alpha value is -2.35. The van der Waals surface area contributed by atoms with Crippen LogP contribution in [0.15, 0.2) is 35.5 Å². The van der Waals surface area contributed by atoms with E-state index in [0.717, 1.165) is 0 Å². The van der Waals surface area contributed by atoms with E-state index in [-0.39, 0.29) is 10.6 Å². The summed E-state index contributed by atoms with van der Waals surface area (Å²) in [5, 5.41) is 2.27. The molecule has 0 aliphatic rings. The molecule has 0 bridgehead atoms. The minimum atomic E-state index is -4.64. The molecule has 0 fully saturated rings. The molecule has 0 saturated heterocycles. The average Bonchev–Trinajstić information content (AvgIpc) is 2.40. The number of rotatable bonds is 2. The van der Waals surface area contributed by atoms with Crippen molar-refractivity contribution < 1.29 is 18.0 Å². The van der Waals surface area contributed by atoms with Crippen LogP contribution in [-0.2, 0) is 6.18 Å². The first-order valence-electron chi connectivity index (χ1n) is 5.49. The number of carbonyl (C=O) groups excluding carboxylic acids is 1. The van der Waals surface area contributed by atoms with Crippen LogP contribution >= 0.6 is 11.6 Å². The molecule has 5 nitrogen and oxygen atoms in total. The lowest BCUT2D eigenvalue weighted by Gasteiger charge is -2.09. The van der Waals surface area contributed by atoms with Gasteiger partial charge in [0, 0.05) is 18.6 Å². The number of halogens is 4. The number of carbonyl (C=O) groups is 1. The standard InChI is InChI=1S/C12H7ClF3N3O2/c13-8-1-6(3-17-5-8)10(20)19-9-2-7(12(14,15)16)4-18-11(9)21/h1-5H,(H,18,21)(H,19,20). The van der Waals surface area contributed by atoms with Crippen LogP contribution in [0.2, 0.25) is 5.02 Å². The Balaban J connectivity index is 2.31. The monoisotopic (exact) mass is 317 g/mol. The lowest BCUT2D eigenvalue weighted by Crippen LogP contribution is -2.21. The van der Waals surface area contributed by atoms with Gasteiger partial charge in [0.05, 0.1) is 16.1 Å². The molecule has 2 rings (SSSR count). The highest BCUT2D eigenvalue weighted by atomic mass is 35.5. The molecule has 0 aromatic carbocycles. The first kappa shape index (κ1) is 15.0. The zero-order chi connectivity index (χ0) is 15.6. The summed E-state index contributed by atoms with van der Waals surface area (Å²) < 4.78 is 37.7. The Morgan fingerprint density at radius 1 is 1.29 bits per heavy atom. The molecule has 0 aliphatic carbocycles. The SMILES string of the molecule is O=C(Nc1cc(C(F)(F)F)c[nH]c1=O)c1cncc(Cl)c1. The van der Waals surface area contributed by atoms with Crippen molar-refractivity contribution in [3.8, 4) is 0 Å². The number of aromatic amines is 1.